The molecule has 100 valence electrons. The fourth-order valence-corrected chi connectivity index (χ4v) is 3.44. The number of hydrogen-bond acceptors (Lipinski definition) is 5. The summed E-state index contributed by atoms with van der Waals surface area (Å²) in [5.41, 5.74) is 0.150. The van der Waals surface area contributed by atoms with Crippen LogP contribution in [-0.2, 0) is 20.0 Å². The van der Waals surface area contributed by atoms with Crippen molar-refractivity contribution in [3.63, 3.8) is 0 Å². The van der Waals surface area contributed by atoms with Gasteiger partial charge in [0, 0.05) is 0 Å². The van der Waals surface area contributed by atoms with Crippen LogP contribution in [0.5, 0.6) is 0 Å². The molecule has 0 bridgehead atoms. The molecule has 1 aliphatic heterocycles. The number of hydrogen-bond donors (Lipinski definition) is 2. The van der Waals surface area contributed by atoms with Gasteiger partial charge in [-0.2, -0.15) is 8.42 Å². The van der Waals surface area contributed by atoms with Gasteiger partial charge >= 0.3 is 0 Å². The lowest BCUT2D eigenvalue weighted by atomic mass is 10.3. The van der Waals surface area contributed by atoms with E-state index in [9.17, 15) is 16.8 Å². The maximum Gasteiger partial charge on any atom is 0.285 e. The number of nitrogens with one attached hydrogen (secondary N) is 1. The third-order valence-electron chi connectivity index (χ3n) is 2.03. The van der Waals surface area contributed by atoms with Crippen molar-refractivity contribution in [2.24, 2.45) is 9.54 Å². The monoisotopic (exact) mass is 331 g/mol. The molecule has 0 fully saturated rings. The van der Waals surface area contributed by atoms with Gasteiger partial charge in [0.1, 0.15) is 16.1 Å². The number of anilines is 1. The van der Waals surface area contributed by atoms with E-state index in [-0.39, 0.29) is 28.0 Å². The van der Waals surface area contributed by atoms with E-state index >= 15 is 0 Å². The van der Waals surface area contributed by atoms with Crippen molar-refractivity contribution in [1.82, 2.24) is 0 Å². The minimum atomic E-state index is -4.09. The summed E-state index contributed by atoms with van der Waals surface area (Å²) >= 11 is 5.70. The smallest absolute Gasteiger partial charge is 0.285 e. The second-order valence-electron chi connectivity index (χ2n) is 3.18. The number of nitrogens with zero attached hydrogens (tertiary/aromatic N) is 1. The van der Waals surface area contributed by atoms with E-state index < -0.39 is 24.9 Å². The first-order chi connectivity index (χ1) is 7.72. The van der Waals surface area contributed by atoms with Gasteiger partial charge in [0.25, 0.3) is 10.0 Å². The number of benzene rings is 1. The van der Waals surface area contributed by atoms with Gasteiger partial charge in [-0.1, -0.05) is 11.6 Å². The van der Waals surface area contributed by atoms with Gasteiger partial charge in [0.2, 0.25) is 10.0 Å². The summed E-state index contributed by atoms with van der Waals surface area (Å²) in [5, 5.41) is 7.30. The molecule has 1 aliphatic rings. The summed E-state index contributed by atoms with van der Waals surface area (Å²) in [5.74, 6) is 0. The number of halogens is 2. The van der Waals surface area contributed by atoms with Crippen LogP contribution in [0.2, 0.25) is 5.02 Å². The molecule has 0 atom stereocenters. The molecule has 0 spiro atoms. The Hall–Kier alpha value is -0.870. The van der Waals surface area contributed by atoms with Crippen LogP contribution < -0.4 is 10.5 Å². The molecule has 18 heavy (non-hydrogen) atoms. The number of rotatable bonds is 1. The highest BCUT2D eigenvalue weighted by atomic mass is 35.5. The summed E-state index contributed by atoms with van der Waals surface area (Å²) in [6, 6.07) is 2.05. The summed E-state index contributed by atoms with van der Waals surface area (Å²) in [7, 11) is -8.01. The quantitative estimate of drug-likeness (QED) is 0.778. The van der Waals surface area contributed by atoms with E-state index in [1.165, 1.54) is 6.07 Å². The van der Waals surface area contributed by atoms with Crippen LogP contribution in [0.15, 0.2) is 26.3 Å². The molecule has 3 N–H and O–H groups in total. The highest BCUT2D eigenvalue weighted by molar-refractivity contribution is 7.91. The summed E-state index contributed by atoms with van der Waals surface area (Å²) < 4.78 is 48.7. The summed E-state index contributed by atoms with van der Waals surface area (Å²) in [4.78, 5) is -0.742. The first kappa shape index (κ1) is 15.2. The molecular weight excluding hydrogens is 325 g/mol. The van der Waals surface area contributed by atoms with Gasteiger partial charge in [-0.05, 0) is 12.1 Å². The van der Waals surface area contributed by atoms with Gasteiger partial charge in [0.15, 0.2) is 0 Å². The van der Waals surface area contributed by atoms with Crippen LogP contribution in [0, 0.1) is 0 Å². The maximum atomic E-state index is 11.5. The molecule has 1 aromatic carbocycles. The summed E-state index contributed by atoms with van der Waals surface area (Å²) in [6.45, 7) is 0. The molecule has 0 amide bonds. The molecule has 1 aromatic rings. The van der Waals surface area contributed by atoms with E-state index in [1.807, 2.05) is 0 Å². The Bertz CT molecular complexity index is 727. The molecule has 7 nitrogen and oxygen atoms in total. The van der Waals surface area contributed by atoms with E-state index in [2.05, 4.69) is 9.71 Å². The van der Waals surface area contributed by atoms with E-state index in [1.54, 1.807) is 0 Å². The standard InChI is InChI=1S/C7H6ClN3O4S2.ClH/c8-4-1-5-7(2-6(4)16(9,12)13)17(14,15)11-3-10-5;/h1-3H,(H,10,11)(H2,9,12,13);1H. The maximum absolute atomic E-state index is 11.5. The van der Waals surface area contributed by atoms with Crippen molar-refractivity contribution in [2.45, 2.75) is 9.79 Å². The lowest BCUT2D eigenvalue weighted by Gasteiger charge is -2.14. The Morgan fingerprint density at radius 1 is 1.33 bits per heavy atom. The Labute approximate surface area is 115 Å². The minimum Gasteiger partial charge on any atom is -0.344 e. The van der Waals surface area contributed by atoms with Gasteiger partial charge in [-0.15, -0.1) is 16.8 Å². The van der Waals surface area contributed by atoms with Gasteiger partial charge in [-0.25, -0.2) is 13.6 Å². The Morgan fingerprint density at radius 3 is 2.50 bits per heavy atom. The van der Waals surface area contributed by atoms with Crippen molar-refractivity contribution in [3.05, 3.63) is 17.2 Å². The topological polar surface area (TPSA) is 119 Å². The minimum absolute atomic E-state index is 0. The molecule has 0 aliphatic carbocycles. The molecule has 0 saturated heterocycles. The van der Waals surface area contributed by atoms with Gasteiger partial charge < -0.3 is 5.32 Å². The molecule has 2 rings (SSSR count). The molecule has 11 heteroatoms. The average Bonchev–Trinajstić information content (AvgIpc) is 2.13. The molecular formula is C7H7Cl2N3O4S2. The largest absolute Gasteiger partial charge is 0.344 e. The van der Waals surface area contributed by atoms with Crippen LogP contribution in [0.25, 0.3) is 0 Å². The zero-order valence-electron chi connectivity index (χ0n) is 8.49. The second kappa shape index (κ2) is 4.67. The van der Waals surface area contributed by atoms with Crippen molar-refractivity contribution >= 4 is 56.1 Å². The Balaban J connectivity index is 0.00000162. The molecule has 0 radical (unpaired) electrons. The number of nitrogens with two attached hydrogens (primary N) is 1. The lowest BCUT2D eigenvalue weighted by Crippen LogP contribution is -2.16. The van der Waals surface area contributed by atoms with Crippen molar-refractivity contribution in [3.8, 4) is 0 Å². The Kier molecular flexibility index (Phi) is 3.94. The lowest BCUT2D eigenvalue weighted by molar-refractivity contribution is 0.596. The number of sulfonamides is 2. The molecule has 1 heterocycles. The second-order valence-corrected chi connectivity index (χ2v) is 6.72. The highest BCUT2D eigenvalue weighted by Gasteiger charge is 2.25. The van der Waals surface area contributed by atoms with Crippen molar-refractivity contribution in [2.75, 3.05) is 5.32 Å². The fourth-order valence-electron chi connectivity index (χ4n) is 1.30. The van der Waals surface area contributed by atoms with Gasteiger partial charge in [0.05, 0.1) is 10.7 Å². The van der Waals surface area contributed by atoms with Crippen molar-refractivity contribution in [1.29, 1.82) is 0 Å². The normalized spacial score (nSPS) is 16.3. The third-order valence-corrected chi connectivity index (χ3v) is 4.68. The predicted octanol–water partition coefficient (Wildman–Crippen LogP) is 0.552. The van der Waals surface area contributed by atoms with Crippen LogP contribution in [0.1, 0.15) is 0 Å². The SMILES string of the molecule is Cl.NS(=O)(=O)c1cc2c(cc1Cl)NC=NS2(=O)=O. The molecule has 0 unspecified atom stereocenters. The number of primary sulfonamides is 1. The molecule has 0 saturated carbocycles. The average molecular weight is 332 g/mol. The number of fused-ring (bicyclic) bond motifs is 1. The fraction of sp³-hybridized carbons (Fsp3) is 0. The highest BCUT2D eigenvalue weighted by Crippen LogP contribution is 2.33. The van der Waals surface area contributed by atoms with E-state index in [0.717, 1.165) is 12.4 Å². The van der Waals surface area contributed by atoms with Crippen LogP contribution in [-0.4, -0.2) is 23.2 Å². The predicted molar refractivity (Wildman–Crippen MR) is 69.4 cm³/mol. The van der Waals surface area contributed by atoms with Gasteiger partial charge in [-0.3, -0.25) is 0 Å². The zero-order valence-corrected chi connectivity index (χ0v) is 11.7. The first-order valence-electron chi connectivity index (χ1n) is 4.13. The van der Waals surface area contributed by atoms with Crippen molar-refractivity contribution < 1.29 is 16.8 Å². The van der Waals surface area contributed by atoms with E-state index in [0.29, 0.717) is 0 Å². The summed E-state index contributed by atoms with van der Waals surface area (Å²) in [6.07, 6.45) is 0.977. The zero-order chi connectivity index (χ0) is 12.8. The van der Waals surface area contributed by atoms with E-state index in [4.69, 9.17) is 16.7 Å². The Morgan fingerprint density at radius 2 is 1.94 bits per heavy atom. The van der Waals surface area contributed by atoms with Crippen LogP contribution in [0.4, 0.5) is 5.69 Å². The first-order valence-corrected chi connectivity index (χ1v) is 7.50. The van der Waals surface area contributed by atoms with Crippen LogP contribution in [0.3, 0.4) is 0 Å². The van der Waals surface area contributed by atoms with Crippen LogP contribution >= 0.6 is 24.0 Å². The molecule has 0 aromatic heterocycles. The third kappa shape index (κ3) is 2.59.